The van der Waals surface area contributed by atoms with Gasteiger partial charge in [0.25, 0.3) is 0 Å². The van der Waals surface area contributed by atoms with Crippen LogP contribution in [-0.4, -0.2) is 28.7 Å². The Labute approximate surface area is 173 Å². The first-order valence-corrected chi connectivity index (χ1v) is 9.79. The van der Waals surface area contributed by atoms with Gasteiger partial charge in [0.05, 0.1) is 5.69 Å². The largest absolute Gasteiger partial charge is 0.298 e. The topological polar surface area (TPSA) is 29.0 Å². The maximum absolute atomic E-state index is 15.6. The fourth-order valence-electron chi connectivity index (χ4n) is 4.06. The monoisotopic (exact) mass is 399 g/mol. The zero-order valence-electron chi connectivity index (χ0n) is 16.4. The van der Waals surface area contributed by atoms with E-state index in [-0.39, 0.29) is 11.6 Å². The Morgan fingerprint density at radius 1 is 0.833 bits per heavy atom. The predicted octanol–water partition coefficient (Wildman–Crippen LogP) is 5.45. The summed E-state index contributed by atoms with van der Waals surface area (Å²) in [6, 6.07) is 18.1. The van der Waals surface area contributed by atoms with Crippen molar-refractivity contribution < 1.29 is 8.78 Å². The molecule has 0 amide bonds. The van der Waals surface area contributed by atoms with Gasteiger partial charge in [0.1, 0.15) is 11.6 Å². The van der Waals surface area contributed by atoms with Crippen LogP contribution in [0.1, 0.15) is 16.7 Å². The molecule has 148 valence electrons. The van der Waals surface area contributed by atoms with E-state index in [9.17, 15) is 0 Å². The number of fused-ring (bicyclic) bond motifs is 2. The van der Waals surface area contributed by atoms with Gasteiger partial charge >= 0.3 is 0 Å². The summed E-state index contributed by atoms with van der Waals surface area (Å²) in [6.07, 6.45) is 3.53. The van der Waals surface area contributed by atoms with Gasteiger partial charge in [0, 0.05) is 41.4 Å². The van der Waals surface area contributed by atoms with Crippen molar-refractivity contribution in [2.45, 2.75) is 6.54 Å². The van der Waals surface area contributed by atoms with Gasteiger partial charge in [-0.15, -0.1) is 0 Å². The highest BCUT2D eigenvalue weighted by Crippen LogP contribution is 2.37. The summed E-state index contributed by atoms with van der Waals surface area (Å²) in [5.74, 6) is -0.623. The number of hydrogen-bond donors (Lipinski definition) is 0. The Morgan fingerprint density at radius 3 is 2.47 bits per heavy atom. The van der Waals surface area contributed by atoms with Crippen molar-refractivity contribution in [1.29, 1.82) is 0 Å². The number of halogens is 2. The molecule has 1 aromatic heterocycles. The molecule has 0 radical (unpaired) electrons. The van der Waals surface area contributed by atoms with Crippen LogP contribution in [0.5, 0.6) is 0 Å². The average Bonchev–Trinajstić information content (AvgIpc) is 2.94. The third-order valence-corrected chi connectivity index (χ3v) is 5.57. The number of likely N-dealkylation sites (N-methyl/N-ethyl adjacent to an activating group) is 1. The molecule has 0 N–H and O–H groups in total. The van der Waals surface area contributed by atoms with E-state index < -0.39 is 0 Å². The number of benzene rings is 3. The molecule has 2 heterocycles. The maximum atomic E-state index is 15.6. The van der Waals surface area contributed by atoms with Crippen molar-refractivity contribution in [3.63, 3.8) is 0 Å². The van der Waals surface area contributed by atoms with Gasteiger partial charge in [-0.1, -0.05) is 48.5 Å². The van der Waals surface area contributed by atoms with Crippen LogP contribution in [0.15, 0.2) is 72.9 Å². The molecule has 4 aromatic rings. The number of aromatic nitrogens is 2. The molecule has 0 saturated heterocycles. The van der Waals surface area contributed by atoms with Crippen molar-refractivity contribution in [3.8, 4) is 11.3 Å². The molecule has 0 unspecified atom stereocenters. The molecule has 0 aliphatic carbocycles. The highest BCUT2D eigenvalue weighted by molar-refractivity contribution is 5.91. The van der Waals surface area contributed by atoms with E-state index in [2.05, 4.69) is 10.2 Å². The number of hydrogen-bond acceptors (Lipinski definition) is 3. The van der Waals surface area contributed by atoms with Gasteiger partial charge in [0.15, 0.2) is 0 Å². The fourth-order valence-corrected chi connectivity index (χ4v) is 4.06. The Bertz CT molecular complexity index is 1280. The lowest BCUT2D eigenvalue weighted by Gasteiger charge is -2.17. The van der Waals surface area contributed by atoms with Crippen LogP contribution in [0, 0.1) is 11.6 Å². The van der Waals surface area contributed by atoms with Crippen molar-refractivity contribution in [2.24, 2.45) is 0 Å². The van der Waals surface area contributed by atoms with Crippen LogP contribution in [0.25, 0.3) is 27.6 Å². The molecular formula is C25H19F2N3. The van der Waals surface area contributed by atoms with E-state index in [0.717, 1.165) is 5.39 Å². The first kappa shape index (κ1) is 18.6. The Balaban J connectivity index is 1.71. The first-order chi connectivity index (χ1) is 14.6. The van der Waals surface area contributed by atoms with Gasteiger partial charge in [-0.25, -0.2) is 8.78 Å². The lowest BCUT2D eigenvalue weighted by molar-refractivity contribution is 0.358. The minimum Gasteiger partial charge on any atom is -0.298 e. The van der Waals surface area contributed by atoms with Crippen molar-refractivity contribution >= 4 is 16.3 Å². The lowest BCUT2D eigenvalue weighted by Crippen LogP contribution is -2.17. The van der Waals surface area contributed by atoms with Crippen molar-refractivity contribution in [3.05, 3.63) is 101 Å². The quantitative estimate of drug-likeness (QED) is 0.449. The van der Waals surface area contributed by atoms with Gasteiger partial charge in [-0.2, -0.15) is 10.2 Å². The highest BCUT2D eigenvalue weighted by Gasteiger charge is 2.24. The van der Waals surface area contributed by atoms with Crippen LogP contribution in [0.2, 0.25) is 0 Å². The van der Waals surface area contributed by atoms with Crippen LogP contribution in [-0.2, 0) is 6.54 Å². The SMILES string of the molecule is CN1CC=C(c2ccc3ccccc3c2F)c2ccc(-c3cccnn3)c(F)c2C1. The molecule has 3 nitrogen and oxygen atoms in total. The highest BCUT2D eigenvalue weighted by atomic mass is 19.1. The summed E-state index contributed by atoms with van der Waals surface area (Å²) in [5.41, 5.74) is 3.32. The summed E-state index contributed by atoms with van der Waals surface area (Å²) < 4.78 is 31.1. The predicted molar refractivity (Wildman–Crippen MR) is 115 cm³/mol. The van der Waals surface area contributed by atoms with E-state index in [1.807, 2.05) is 48.4 Å². The fraction of sp³-hybridized carbons (Fsp3) is 0.120. The molecule has 0 spiro atoms. The maximum Gasteiger partial charge on any atom is 0.138 e. The third kappa shape index (κ3) is 3.08. The van der Waals surface area contributed by atoms with E-state index in [1.165, 1.54) is 0 Å². The zero-order valence-corrected chi connectivity index (χ0v) is 16.4. The second-order valence-electron chi connectivity index (χ2n) is 7.52. The van der Waals surface area contributed by atoms with E-state index in [1.54, 1.807) is 36.5 Å². The third-order valence-electron chi connectivity index (χ3n) is 5.57. The summed E-state index contributed by atoms with van der Waals surface area (Å²) in [4.78, 5) is 2.01. The van der Waals surface area contributed by atoms with E-state index in [4.69, 9.17) is 0 Å². The van der Waals surface area contributed by atoms with Gasteiger partial charge < -0.3 is 0 Å². The molecule has 5 heteroatoms. The molecule has 1 aliphatic heterocycles. The van der Waals surface area contributed by atoms with Crippen molar-refractivity contribution in [2.75, 3.05) is 13.6 Å². The molecule has 0 atom stereocenters. The zero-order chi connectivity index (χ0) is 20.7. The second-order valence-corrected chi connectivity index (χ2v) is 7.52. The Kier molecular flexibility index (Phi) is 4.60. The smallest absolute Gasteiger partial charge is 0.138 e. The van der Waals surface area contributed by atoms with Crippen LogP contribution < -0.4 is 0 Å². The standard InChI is InChI=1S/C25H19F2N3/c1-30-14-12-19(20-9-8-16-5-2-3-6-17(16)24(20)26)18-10-11-21(25(27)22(18)15-30)23-7-4-13-28-29-23/h2-13H,14-15H2,1H3. The second kappa shape index (κ2) is 7.43. The molecule has 5 rings (SSSR count). The van der Waals surface area contributed by atoms with Gasteiger partial charge in [-0.05, 0) is 41.8 Å². The first-order valence-electron chi connectivity index (χ1n) is 9.79. The van der Waals surface area contributed by atoms with Crippen molar-refractivity contribution in [1.82, 2.24) is 15.1 Å². The Morgan fingerprint density at radius 2 is 1.63 bits per heavy atom. The summed E-state index contributed by atoms with van der Waals surface area (Å²) in [5, 5.41) is 9.32. The summed E-state index contributed by atoms with van der Waals surface area (Å²) >= 11 is 0. The molecule has 0 saturated carbocycles. The minimum atomic E-state index is -0.339. The molecular weight excluding hydrogens is 380 g/mol. The van der Waals surface area contributed by atoms with E-state index >= 15 is 8.78 Å². The molecule has 1 aliphatic rings. The summed E-state index contributed by atoms with van der Waals surface area (Å²) in [6.45, 7) is 1.01. The molecule has 0 fully saturated rings. The van der Waals surface area contributed by atoms with Crippen LogP contribution >= 0.6 is 0 Å². The van der Waals surface area contributed by atoms with E-state index in [0.29, 0.717) is 52.0 Å². The van der Waals surface area contributed by atoms with Gasteiger partial charge in [0.2, 0.25) is 0 Å². The number of rotatable bonds is 2. The van der Waals surface area contributed by atoms with Gasteiger partial charge in [-0.3, -0.25) is 4.90 Å². The molecule has 3 aromatic carbocycles. The molecule has 0 bridgehead atoms. The van der Waals surface area contributed by atoms with Crippen LogP contribution in [0.4, 0.5) is 8.78 Å². The number of nitrogens with zero attached hydrogens (tertiary/aromatic N) is 3. The molecule has 30 heavy (non-hydrogen) atoms. The average molecular weight is 399 g/mol. The normalized spacial score (nSPS) is 14.3. The van der Waals surface area contributed by atoms with Crippen LogP contribution in [0.3, 0.4) is 0 Å². The minimum absolute atomic E-state index is 0.284. The lowest BCUT2D eigenvalue weighted by atomic mass is 9.90. The Hall–Kier alpha value is -3.44. The summed E-state index contributed by atoms with van der Waals surface area (Å²) in [7, 11) is 1.93.